The highest BCUT2D eigenvalue weighted by Crippen LogP contribution is 2.68. The van der Waals surface area contributed by atoms with E-state index >= 15 is 0 Å². The van der Waals surface area contributed by atoms with Crippen LogP contribution in [0.2, 0.25) is 0 Å². The Labute approximate surface area is 142 Å². The summed E-state index contributed by atoms with van der Waals surface area (Å²) in [7, 11) is 0. The van der Waals surface area contributed by atoms with Crippen LogP contribution in [0, 0.1) is 34.5 Å². The van der Waals surface area contributed by atoms with Crippen molar-refractivity contribution in [2.24, 2.45) is 34.5 Å². The maximum absolute atomic E-state index is 11.4. The van der Waals surface area contributed by atoms with Crippen LogP contribution in [0.15, 0.2) is 12.2 Å². The average molecular weight is 317 g/mol. The number of hydrogen-bond acceptors (Lipinski definition) is 1. The maximum Gasteiger partial charge on any atom is 0.0703 e. The minimum absolute atomic E-state index is 0.192. The summed E-state index contributed by atoms with van der Waals surface area (Å²) in [6.45, 7) is 7.29. The van der Waals surface area contributed by atoms with Gasteiger partial charge in [0, 0.05) is 0 Å². The maximum atomic E-state index is 11.4. The van der Waals surface area contributed by atoms with E-state index in [-0.39, 0.29) is 11.0 Å². The summed E-state index contributed by atoms with van der Waals surface area (Å²) in [5.41, 5.74) is 0.365. The van der Waals surface area contributed by atoms with Gasteiger partial charge in [0.15, 0.2) is 0 Å². The third kappa shape index (κ3) is 2.08. The van der Waals surface area contributed by atoms with Crippen LogP contribution in [-0.4, -0.2) is 10.7 Å². The molecule has 0 radical (unpaired) electrons. The van der Waals surface area contributed by atoms with Crippen LogP contribution in [0.5, 0.6) is 0 Å². The molecule has 1 nitrogen and oxygen atoms in total. The molecule has 0 aromatic carbocycles. The molecule has 0 aliphatic heterocycles. The Bertz CT molecular complexity index is 496. The Hall–Kier alpha value is -0.300. The smallest absolute Gasteiger partial charge is 0.0703 e. The van der Waals surface area contributed by atoms with Gasteiger partial charge >= 0.3 is 0 Å². The summed E-state index contributed by atoms with van der Waals surface area (Å²) >= 11 is 0. The summed E-state index contributed by atoms with van der Waals surface area (Å²) in [4.78, 5) is 0. The van der Waals surface area contributed by atoms with Crippen molar-refractivity contribution in [3.8, 4) is 0 Å². The topological polar surface area (TPSA) is 20.2 Å². The Morgan fingerprint density at radius 1 is 1.00 bits per heavy atom. The molecule has 0 bridgehead atoms. The van der Waals surface area contributed by atoms with Gasteiger partial charge in [-0.2, -0.15) is 0 Å². The number of fused-ring (bicyclic) bond motifs is 5. The Morgan fingerprint density at radius 2 is 1.78 bits per heavy atom. The van der Waals surface area contributed by atoms with Crippen molar-refractivity contribution in [2.45, 2.75) is 90.6 Å². The third-order valence-electron chi connectivity index (χ3n) is 9.20. The van der Waals surface area contributed by atoms with Gasteiger partial charge in [0.2, 0.25) is 0 Å². The second kappa shape index (κ2) is 5.35. The monoisotopic (exact) mass is 316 g/mol. The number of rotatable bonds is 2. The van der Waals surface area contributed by atoms with Crippen molar-refractivity contribution >= 4 is 0 Å². The van der Waals surface area contributed by atoms with Crippen LogP contribution < -0.4 is 0 Å². The fraction of sp³-hybridized carbons (Fsp3) is 0.909. The van der Waals surface area contributed by atoms with Crippen LogP contribution in [0.25, 0.3) is 0 Å². The number of aliphatic hydroxyl groups is 1. The molecular weight excluding hydrogens is 280 g/mol. The van der Waals surface area contributed by atoms with E-state index in [0.717, 1.165) is 42.9 Å². The molecule has 4 aliphatic carbocycles. The number of hydrogen-bond donors (Lipinski definition) is 1. The second-order valence-electron chi connectivity index (χ2n) is 9.84. The van der Waals surface area contributed by atoms with E-state index in [4.69, 9.17) is 0 Å². The number of allylic oxidation sites excluding steroid dienone is 2. The molecule has 3 saturated carbocycles. The Kier molecular flexibility index (Phi) is 3.76. The van der Waals surface area contributed by atoms with Gasteiger partial charge in [0.1, 0.15) is 0 Å². The largest absolute Gasteiger partial charge is 0.389 e. The van der Waals surface area contributed by atoms with Gasteiger partial charge in [-0.25, -0.2) is 0 Å². The van der Waals surface area contributed by atoms with Crippen molar-refractivity contribution in [1.82, 2.24) is 0 Å². The molecule has 7 atom stereocenters. The van der Waals surface area contributed by atoms with Gasteiger partial charge in [-0.1, -0.05) is 39.3 Å². The summed E-state index contributed by atoms with van der Waals surface area (Å²) in [5, 5.41) is 11.4. The molecule has 0 aromatic rings. The van der Waals surface area contributed by atoms with Gasteiger partial charge in [-0.15, -0.1) is 0 Å². The van der Waals surface area contributed by atoms with Gasteiger partial charge in [0.25, 0.3) is 0 Å². The zero-order valence-corrected chi connectivity index (χ0v) is 15.5. The van der Waals surface area contributed by atoms with Crippen molar-refractivity contribution in [3.05, 3.63) is 12.2 Å². The molecule has 1 heteroatoms. The molecule has 0 unspecified atom stereocenters. The Morgan fingerprint density at radius 3 is 2.57 bits per heavy atom. The molecule has 0 amide bonds. The summed E-state index contributed by atoms with van der Waals surface area (Å²) in [6, 6.07) is 0. The van der Waals surface area contributed by atoms with E-state index < -0.39 is 0 Å². The van der Waals surface area contributed by atoms with Gasteiger partial charge in [0.05, 0.1) is 5.60 Å². The van der Waals surface area contributed by atoms with Crippen molar-refractivity contribution in [2.75, 3.05) is 0 Å². The molecule has 0 heterocycles. The molecule has 3 fully saturated rings. The third-order valence-corrected chi connectivity index (χ3v) is 9.20. The first-order valence-electron chi connectivity index (χ1n) is 10.3. The van der Waals surface area contributed by atoms with Crippen LogP contribution in [-0.2, 0) is 0 Å². The van der Waals surface area contributed by atoms with Gasteiger partial charge in [-0.3, -0.25) is 0 Å². The van der Waals surface area contributed by atoms with Gasteiger partial charge < -0.3 is 5.11 Å². The predicted molar refractivity (Wildman–Crippen MR) is 96.1 cm³/mol. The van der Waals surface area contributed by atoms with Crippen molar-refractivity contribution in [3.63, 3.8) is 0 Å². The molecule has 4 aliphatic rings. The molecule has 23 heavy (non-hydrogen) atoms. The lowest BCUT2D eigenvalue weighted by Crippen LogP contribution is -2.55. The summed E-state index contributed by atoms with van der Waals surface area (Å²) < 4.78 is 0. The summed E-state index contributed by atoms with van der Waals surface area (Å²) in [6.07, 6.45) is 17.5. The lowest BCUT2D eigenvalue weighted by atomic mass is 9.45. The molecule has 0 saturated heterocycles. The molecule has 4 rings (SSSR count). The van der Waals surface area contributed by atoms with Crippen LogP contribution in [0.3, 0.4) is 0 Å². The van der Waals surface area contributed by atoms with Crippen LogP contribution in [0.1, 0.15) is 85.0 Å². The highest BCUT2D eigenvalue weighted by molar-refractivity contribution is 5.15. The van der Waals surface area contributed by atoms with Crippen molar-refractivity contribution in [1.29, 1.82) is 0 Å². The van der Waals surface area contributed by atoms with E-state index in [1.165, 1.54) is 44.9 Å². The van der Waals surface area contributed by atoms with Crippen LogP contribution >= 0.6 is 0 Å². The standard InChI is InChI=1S/C22H36O/c1-4-12-22(23)15-11-19-17-9-8-16-7-5-6-13-20(16,2)18(17)10-14-21(19,22)3/h5-6,16-19,23H,4,7-15H2,1-3H3/t16-,17-,18+,19+,20+,21+,22+/m1/s1. The van der Waals surface area contributed by atoms with E-state index in [2.05, 4.69) is 32.9 Å². The molecular formula is C22H36O. The van der Waals surface area contributed by atoms with E-state index in [1.54, 1.807) is 0 Å². The first-order chi connectivity index (χ1) is 10.9. The fourth-order valence-electron chi connectivity index (χ4n) is 7.77. The zero-order chi connectivity index (χ0) is 16.3. The van der Waals surface area contributed by atoms with E-state index in [0.29, 0.717) is 5.41 Å². The van der Waals surface area contributed by atoms with E-state index in [9.17, 15) is 5.11 Å². The predicted octanol–water partition coefficient (Wildman–Crippen LogP) is 5.73. The minimum atomic E-state index is -0.373. The van der Waals surface area contributed by atoms with Crippen LogP contribution in [0.4, 0.5) is 0 Å². The second-order valence-corrected chi connectivity index (χ2v) is 9.84. The molecule has 1 N–H and O–H groups in total. The molecule has 130 valence electrons. The van der Waals surface area contributed by atoms with Crippen molar-refractivity contribution < 1.29 is 5.11 Å². The Balaban J connectivity index is 1.64. The first-order valence-corrected chi connectivity index (χ1v) is 10.3. The normalized spacial score (nSPS) is 55.1. The quantitative estimate of drug-likeness (QED) is 0.645. The molecule has 0 aromatic heterocycles. The fourth-order valence-corrected chi connectivity index (χ4v) is 7.77. The average Bonchev–Trinajstić information content (AvgIpc) is 2.79. The lowest BCUT2D eigenvalue weighted by molar-refractivity contribution is -0.147. The lowest BCUT2D eigenvalue weighted by Gasteiger charge is -2.60. The highest BCUT2D eigenvalue weighted by atomic mass is 16.3. The minimum Gasteiger partial charge on any atom is -0.389 e. The van der Waals surface area contributed by atoms with Gasteiger partial charge in [-0.05, 0) is 92.3 Å². The highest BCUT2D eigenvalue weighted by Gasteiger charge is 2.63. The van der Waals surface area contributed by atoms with E-state index in [1.807, 2.05) is 0 Å². The summed E-state index contributed by atoms with van der Waals surface area (Å²) in [5.74, 6) is 3.50. The first kappa shape index (κ1) is 16.2. The molecule has 0 spiro atoms. The zero-order valence-electron chi connectivity index (χ0n) is 15.5. The SMILES string of the molecule is CCC[C@]1(O)CC[C@H]2[C@@H]3CC[C@H]4CC=CC[C@]4(C)[C@H]3CC[C@@]21C.